The van der Waals surface area contributed by atoms with E-state index in [0.717, 1.165) is 17.0 Å². The maximum absolute atomic E-state index is 12.4. The van der Waals surface area contributed by atoms with E-state index >= 15 is 0 Å². The van der Waals surface area contributed by atoms with Gasteiger partial charge in [0.05, 0.1) is 5.69 Å². The summed E-state index contributed by atoms with van der Waals surface area (Å²) in [4.78, 5) is 12.4. The summed E-state index contributed by atoms with van der Waals surface area (Å²) < 4.78 is 1.44. The standard InChI is InChI=1S/C15H15ClN2O/c1-4-5-14-10(2)17-18(11(14)3)15(19)12-6-8-13(16)9-7-12/h4,6-9H,1,5H2,2-3H3. The minimum absolute atomic E-state index is 0.146. The van der Waals surface area contributed by atoms with Gasteiger partial charge in [0.1, 0.15) is 0 Å². The highest BCUT2D eigenvalue weighted by atomic mass is 35.5. The lowest BCUT2D eigenvalue weighted by molar-refractivity contribution is 0.0942. The van der Waals surface area contributed by atoms with E-state index in [9.17, 15) is 4.79 Å². The molecular weight excluding hydrogens is 260 g/mol. The average Bonchev–Trinajstić information content (AvgIpc) is 2.67. The molecule has 2 aromatic rings. The van der Waals surface area contributed by atoms with E-state index in [1.54, 1.807) is 24.3 Å². The molecule has 19 heavy (non-hydrogen) atoms. The van der Waals surface area contributed by atoms with E-state index in [0.29, 0.717) is 17.0 Å². The Morgan fingerprint density at radius 3 is 2.58 bits per heavy atom. The van der Waals surface area contributed by atoms with Crippen molar-refractivity contribution in [2.75, 3.05) is 0 Å². The maximum atomic E-state index is 12.4. The predicted molar refractivity (Wildman–Crippen MR) is 76.8 cm³/mol. The molecule has 98 valence electrons. The van der Waals surface area contributed by atoms with Crippen molar-refractivity contribution in [1.29, 1.82) is 0 Å². The Morgan fingerprint density at radius 2 is 2.00 bits per heavy atom. The van der Waals surface area contributed by atoms with Crippen LogP contribution in [0.4, 0.5) is 0 Å². The Balaban J connectivity index is 2.42. The largest absolute Gasteiger partial charge is 0.278 e. The molecule has 4 heteroatoms. The Bertz CT molecular complexity index is 626. The zero-order valence-electron chi connectivity index (χ0n) is 11.0. The molecule has 1 aromatic carbocycles. The van der Waals surface area contributed by atoms with Crippen molar-refractivity contribution in [1.82, 2.24) is 9.78 Å². The zero-order chi connectivity index (χ0) is 14.0. The number of carbonyl (C=O) groups is 1. The van der Waals surface area contributed by atoms with Crippen LogP contribution in [-0.4, -0.2) is 15.7 Å². The highest BCUT2D eigenvalue weighted by Gasteiger charge is 2.16. The number of hydrogen-bond donors (Lipinski definition) is 0. The van der Waals surface area contributed by atoms with Crippen LogP contribution in [0.3, 0.4) is 0 Å². The van der Waals surface area contributed by atoms with Crippen LogP contribution in [0.1, 0.15) is 27.3 Å². The van der Waals surface area contributed by atoms with Crippen LogP contribution in [0.25, 0.3) is 0 Å². The molecule has 0 aliphatic rings. The first-order valence-corrected chi connectivity index (χ1v) is 6.38. The number of allylic oxidation sites excluding steroid dienone is 1. The average molecular weight is 275 g/mol. The third-order valence-corrected chi connectivity index (χ3v) is 3.33. The van der Waals surface area contributed by atoms with E-state index in [-0.39, 0.29) is 5.91 Å². The summed E-state index contributed by atoms with van der Waals surface area (Å²) >= 11 is 5.82. The fraction of sp³-hybridized carbons (Fsp3) is 0.200. The maximum Gasteiger partial charge on any atom is 0.278 e. The van der Waals surface area contributed by atoms with Crippen LogP contribution in [0.2, 0.25) is 5.02 Å². The minimum atomic E-state index is -0.146. The molecule has 1 heterocycles. The summed E-state index contributed by atoms with van der Waals surface area (Å²) in [6.07, 6.45) is 2.53. The van der Waals surface area contributed by atoms with Gasteiger partial charge in [-0.1, -0.05) is 17.7 Å². The van der Waals surface area contributed by atoms with Gasteiger partial charge in [-0.25, -0.2) is 4.68 Å². The van der Waals surface area contributed by atoms with Crippen molar-refractivity contribution in [2.24, 2.45) is 0 Å². The van der Waals surface area contributed by atoms with Crippen LogP contribution in [0, 0.1) is 13.8 Å². The van der Waals surface area contributed by atoms with E-state index in [4.69, 9.17) is 11.6 Å². The van der Waals surface area contributed by atoms with Gasteiger partial charge in [-0.05, 0) is 44.5 Å². The molecule has 0 bridgehead atoms. The molecule has 3 nitrogen and oxygen atoms in total. The van der Waals surface area contributed by atoms with Crippen molar-refractivity contribution < 1.29 is 4.79 Å². The number of nitrogens with zero attached hydrogens (tertiary/aromatic N) is 2. The lowest BCUT2D eigenvalue weighted by atomic mass is 10.1. The smallest absolute Gasteiger partial charge is 0.267 e. The SMILES string of the molecule is C=CCc1c(C)nn(C(=O)c2ccc(Cl)cc2)c1C. The normalized spacial score (nSPS) is 10.5. The molecule has 0 N–H and O–H groups in total. The number of aromatic nitrogens is 2. The number of rotatable bonds is 3. The van der Waals surface area contributed by atoms with E-state index in [2.05, 4.69) is 11.7 Å². The predicted octanol–water partition coefficient (Wildman–Crippen LogP) is 3.57. The molecule has 0 aliphatic heterocycles. The summed E-state index contributed by atoms with van der Waals surface area (Å²) in [6.45, 7) is 7.52. The van der Waals surface area contributed by atoms with Crippen molar-refractivity contribution in [3.63, 3.8) is 0 Å². The number of aryl methyl sites for hydroxylation is 1. The van der Waals surface area contributed by atoms with Crippen LogP contribution < -0.4 is 0 Å². The quantitative estimate of drug-likeness (QED) is 0.802. The first kappa shape index (κ1) is 13.6. The molecule has 0 amide bonds. The molecule has 0 unspecified atom stereocenters. The fourth-order valence-corrected chi connectivity index (χ4v) is 2.15. The van der Waals surface area contributed by atoms with Gasteiger partial charge >= 0.3 is 0 Å². The second kappa shape index (κ2) is 5.41. The van der Waals surface area contributed by atoms with Gasteiger partial charge in [0.2, 0.25) is 0 Å². The molecule has 2 rings (SSSR count). The Labute approximate surface area is 117 Å². The highest BCUT2D eigenvalue weighted by molar-refractivity contribution is 6.30. The summed E-state index contributed by atoms with van der Waals surface area (Å²) in [5.41, 5.74) is 3.34. The molecule has 0 radical (unpaired) electrons. The van der Waals surface area contributed by atoms with Gasteiger partial charge in [-0.15, -0.1) is 6.58 Å². The lowest BCUT2D eigenvalue weighted by Crippen LogP contribution is -2.15. The third kappa shape index (κ3) is 2.61. The van der Waals surface area contributed by atoms with Gasteiger partial charge in [0, 0.05) is 21.8 Å². The van der Waals surface area contributed by atoms with Crippen LogP contribution in [-0.2, 0) is 6.42 Å². The summed E-state index contributed by atoms with van der Waals surface area (Å²) in [5.74, 6) is -0.146. The van der Waals surface area contributed by atoms with Crippen molar-refractivity contribution >= 4 is 17.5 Å². The van der Waals surface area contributed by atoms with Crippen molar-refractivity contribution in [2.45, 2.75) is 20.3 Å². The number of hydrogen-bond acceptors (Lipinski definition) is 2. The monoisotopic (exact) mass is 274 g/mol. The minimum Gasteiger partial charge on any atom is -0.267 e. The summed E-state index contributed by atoms with van der Waals surface area (Å²) in [7, 11) is 0. The molecular formula is C15H15ClN2O. The molecule has 0 aliphatic carbocycles. The molecule has 0 saturated heterocycles. The van der Waals surface area contributed by atoms with Gasteiger partial charge in [-0.2, -0.15) is 5.10 Å². The van der Waals surface area contributed by atoms with Gasteiger partial charge < -0.3 is 0 Å². The number of halogens is 1. The topological polar surface area (TPSA) is 34.9 Å². The van der Waals surface area contributed by atoms with E-state index in [1.165, 1.54) is 4.68 Å². The van der Waals surface area contributed by atoms with Crippen LogP contribution in [0.15, 0.2) is 36.9 Å². The first-order valence-electron chi connectivity index (χ1n) is 6.01. The molecule has 0 saturated carbocycles. The molecule has 0 atom stereocenters. The lowest BCUT2D eigenvalue weighted by Gasteiger charge is -2.04. The van der Waals surface area contributed by atoms with Gasteiger partial charge in [0.25, 0.3) is 5.91 Å². The summed E-state index contributed by atoms with van der Waals surface area (Å²) in [6, 6.07) is 6.80. The number of benzene rings is 1. The van der Waals surface area contributed by atoms with Gasteiger partial charge in [-0.3, -0.25) is 4.79 Å². The van der Waals surface area contributed by atoms with Crippen molar-refractivity contribution in [3.05, 3.63) is 64.5 Å². The van der Waals surface area contributed by atoms with Crippen molar-refractivity contribution in [3.8, 4) is 0 Å². The van der Waals surface area contributed by atoms with E-state index in [1.807, 2.05) is 19.9 Å². The first-order chi connectivity index (χ1) is 9.04. The zero-order valence-corrected chi connectivity index (χ0v) is 11.7. The second-order valence-corrected chi connectivity index (χ2v) is 4.80. The molecule has 0 fully saturated rings. The third-order valence-electron chi connectivity index (χ3n) is 3.07. The van der Waals surface area contributed by atoms with E-state index < -0.39 is 0 Å². The number of carbonyl (C=O) groups excluding carboxylic acids is 1. The fourth-order valence-electron chi connectivity index (χ4n) is 2.03. The molecule has 1 aromatic heterocycles. The molecule has 0 spiro atoms. The summed E-state index contributed by atoms with van der Waals surface area (Å²) in [5, 5.41) is 4.92. The Morgan fingerprint density at radius 1 is 1.37 bits per heavy atom. The van der Waals surface area contributed by atoms with Crippen LogP contribution >= 0.6 is 11.6 Å². The van der Waals surface area contributed by atoms with Gasteiger partial charge in [0.15, 0.2) is 0 Å². The Hall–Kier alpha value is -1.87. The highest BCUT2D eigenvalue weighted by Crippen LogP contribution is 2.17. The second-order valence-electron chi connectivity index (χ2n) is 4.37. The van der Waals surface area contributed by atoms with Crippen LogP contribution in [0.5, 0.6) is 0 Å². The Kier molecular flexibility index (Phi) is 3.86.